The minimum Gasteiger partial charge on any atom is -0.385 e. The third-order valence-electron chi connectivity index (χ3n) is 6.47. The van der Waals surface area contributed by atoms with Gasteiger partial charge in [0.2, 0.25) is 0 Å². The Kier molecular flexibility index (Phi) is 8.77. The lowest BCUT2D eigenvalue weighted by molar-refractivity contribution is 0.141. The fourth-order valence-corrected chi connectivity index (χ4v) is 4.70. The van der Waals surface area contributed by atoms with Gasteiger partial charge in [0.05, 0.1) is 0 Å². The van der Waals surface area contributed by atoms with Gasteiger partial charge in [0, 0.05) is 52.7 Å². The highest BCUT2D eigenvalue weighted by Crippen LogP contribution is 2.41. The average Bonchev–Trinajstić information content (AvgIpc) is 3.28. The zero-order valence-electron chi connectivity index (χ0n) is 18.5. The Labute approximate surface area is 176 Å². The molecule has 1 aromatic rings. The van der Waals surface area contributed by atoms with Crippen molar-refractivity contribution in [2.24, 2.45) is 10.4 Å². The number of aliphatic imine (C=N–C) groups is 1. The van der Waals surface area contributed by atoms with Crippen molar-refractivity contribution in [3.05, 3.63) is 11.6 Å². The molecule has 7 nitrogen and oxygen atoms in total. The van der Waals surface area contributed by atoms with E-state index >= 15 is 0 Å². The summed E-state index contributed by atoms with van der Waals surface area (Å²) in [7, 11) is 1.80. The quantitative estimate of drug-likeness (QED) is 0.356. The van der Waals surface area contributed by atoms with Crippen LogP contribution in [0.4, 0.5) is 0 Å². The highest BCUT2D eigenvalue weighted by atomic mass is 16.5. The minimum absolute atomic E-state index is 0.331. The Hall–Kier alpha value is -1.63. The van der Waals surface area contributed by atoms with E-state index in [2.05, 4.69) is 32.3 Å². The summed E-state index contributed by atoms with van der Waals surface area (Å²) >= 11 is 0. The van der Waals surface area contributed by atoms with Gasteiger partial charge in [0.1, 0.15) is 11.6 Å². The molecule has 2 heterocycles. The Morgan fingerprint density at radius 3 is 2.79 bits per heavy atom. The van der Waals surface area contributed by atoms with Gasteiger partial charge >= 0.3 is 0 Å². The van der Waals surface area contributed by atoms with Crippen molar-refractivity contribution in [1.29, 1.82) is 0 Å². The van der Waals surface area contributed by atoms with E-state index in [0.29, 0.717) is 5.41 Å². The summed E-state index contributed by atoms with van der Waals surface area (Å²) in [5.41, 5.74) is 0.331. The van der Waals surface area contributed by atoms with Gasteiger partial charge in [-0.2, -0.15) is 0 Å². The van der Waals surface area contributed by atoms with Crippen molar-refractivity contribution in [1.82, 2.24) is 25.4 Å². The van der Waals surface area contributed by atoms with Gasteiger partial charge in [-0.15, -0.1) is 10.2 Å². The van der Waals surface area contributed by atoms with Gasteiger partial charge in [0.15, 0.2) is 5.96 Å². The third-order valence-corrected chi connectivity index (χ3v) is 6.47. The fourth-order valence-electron chi connectivity index (χ4n) is 4.70. The minimum atomic E-state index is 0.331. The molecule has 0 aromatic carbocycles. The van der Waals surface area contributed by atoms with Crippen molar-refractivity contribution in [3.63, 3.8) is 0 Å². The van der Waals surface area contributed by atoms with E-state index in [1.165, 1.54) is 50.8 Å². The SMILES string of the molecule is CCNC(=NCC1(CCOC)CCCC1)NCCCc1nnc2n1CCCCC2. The van der Waals surface area contributed by atoms with E-state index in [0.717, 1.165) is 70.3 Å². The molecule has 7 heteroatoms. The van der Waals surface area contributed by atoms with Crippen LogP contribution in [-0.2, 0) is 24.1 Å². The first-order chi connectivity index (χ1) is 14.3. The molecule has 0 atom stereocenters. The maximum atomic E-state index is 5.35. The van der Waals surface area contributed by atoms with E-state index in [-0.39, 0.29) is 0 Å². The summed E-state index contributed by atoms with van der Waals surface area (Å²) < 4.78 is 7.71. The molecule has 1 aliphatic heterocycles. The number of guanidine groups is 1. The number of rotatable bonds is 10. The van der Waals surface area contributed by atoms with E-state index in [9.17, 15) is 0 Å². The number of aryl methyl sites for hydroxylation is 2. The Morgan fingerprint density at radius 2 is 2.00 bits per heavy atom. The number of nitrogens with zero attached hydrogens (tertiary/aromatic N) is 4. The lowest BCUT2D eigenvalue weighted by Gasteiger charge is -2.27. The number of methoxy groups -OCH3 is 1. The summed E-state index contributed by atoms with van der Waals surface area (Å²) in [6, 6.07) is 0. The number of hydrogen-bond donors (Lipinski definition) is 2. The van der Waals surface area contributed by atoms with Gasteiger partial charge in [-0.25, -0.2) is 0 Å². The second kappa shape index (κ2) is 11.5. The van der Waals surface area contributed by atoms with Crippen LogP contribution in [0.15, 0.2) is 4.99 Å². The first-order valence-corrected chi connectivity index (χ1v) is 11.7. The van der Waals surface area contributed by atoms with Gasteiger partial charge in [0.25, 0.3) is 0 Å². The highest BCUT2D eigenvalue weighted by molar-refractivity contribution is 5.79. The van der Waals surface area contributed by atoms with Crippen LogP contribution in [0.3, 0.4) is 0 Å². The van der Waals surface area contributed by atoms with Crippen molar-refractivity contribution >= 4 is 5.96 Å². The normalized spacial score (nSPS) is 19.0. The molecule has 0 spiro atoms. The number of nitrogens with one attached hydrogen (secondary N) is 2. The predicted molar refractivity (Wildman–Crippen MR) is 117 cm³/mol. The molecular formula is C22H40N6O. The van der Waals surface area contributed by atoms with E-state index in [4.69, 9.17) is 9.73 Å². The second-order valence-electron chi connectivity index (χ2n) is 8.67. The number of fused-ring (bicyclic) bond motifs is 1. The molecule has 2 aliphatic rings. The molecule has 2 N–H and O–H groups in total. The fraction of sp³-hybridized carbons (Fsp3) is 0.864. The predicted octanol–water partition coefficient (Wildman–Crippen LogP) is 3.09. The van der Waals surface area contributed by atoms with Gasteiger partial charge in [-0.3, -0.25) is 4.99 Å². The van der Waals surface area contributed by atoms with Crippen molar-refractivity contribution in [3.8, 4) is 0 Å². The lowest BCUT2D eigenvalue weighted by atomic mass is 9.83. The van der Waals surface area contributed by atoms with Crippen LogP contribution in [-0.4, -0.2) is 54.1 Å². The standard InChI is InChI=1S/C22H40N6O/c1-3-23-21(25-18-22(14-17-29-2)12-6-7-13-22)24-15-9-11-20-27-26-19-10-5-4-8-16-28(19)20/h3-18H2,1-2H3,(H2,23,24,25). The number of aromatic nitrogens is 3. The summed E-state index contributed by atoms with van der Waals surface area (Å²) in [6.45, 7) is 6.72. The van der Waals surface area contributed by atoms with Crippen molar-refractivity contribution < 1.29 is 4.74 Å². The molecular weight excluding hydrogens is 364 g/mol. The number of ether oxygens (including phenoxy) is 1. The van der Waals surface area contributed by atoms with Crippen LogP contribution >= 0.6 is 0 Å². The molecule has 0 saturated heterocycles. The molecule has 164 valence electrons. The Balaban J connectivity index is 1.48. The van der Waals surface area contributed by atoms with E-state index in [1.54, 1.807) is 7.11 Å². The third kappa shape index (κ3) is 6.43. The van der Waals surface area contributed by atoms with Crippen molar-refractivity contribution in [2.75, 3.05) is 33.4 Å². The van der Waals surface area contributed by atoms with Crippen LogP contribution in [0.25, 0.3) is 0 Å². The van der Waals surface area contributed by atoms with E-state index in [1.807, 2.05) is 0 Å². The van der Waals surface area contributed by atoms with Crippen molar-refractivity contribution in [2.45, 2.75) is 84.1 Å². The molecule has 1 saturated carbocycles. The monoisotopic (exact) mass is 404 g/mol. The molecule has 0 unspecified atom stereocenters. The molecule has 0 bridgehead atoms. The first-order valence-electron chi connectivity index (χ1n) is 11.7. The van der Waals surface area contributed by atoms with Crippen LogP contribution < -0.4 is 10.6 Å². The maximum absolute atomic E-state index is 5.35. The smallest absolute Gasteiger partial charge is 0.191 e. The van der Waals surface area contributed by atoms with Crippen LogP contribution in [0.5, 0.6) is 0 Å². The summed E-state index contributed by atoms with van der Waals surface area (Å²) in [5, 5.41) is 15.8. The maximum Gasteiger partial charge on any atom is 0.191 e. The molecule has 0 amide bonds. The Morgan fingerprint density at radius 1 is 1.14 bits per heavy atom. The second-order valence-corrected chi connectivity index (χ2v) is 8.67. The van der Waals surface area contributed by atoms with Gasteiger partial charge in [-0.05, 0) is 50.9 Å². The summed E-state index contributed by atoms with van der Waals surface area (Å²) in [4.78, 5) is 4.94. The Bertz CT molecular complexity index is 635. The topological polar surface area (TPSA) is 76.4 Å². The molecule has 3 rings (SSSR count). The van der Waals surface area contributed by atoms with Crippen LogP contribution in [0, 0.1) is 5.41 Å². The lowest BCUT2D eigenvalue weighted by Crippen LogP contribution is -2.39. The first kappa shape index (κ1) is 22.1. The molecule has 1 fully saturated rings. The number of hydrogen-bond acceptors (Lipinski definition) is 4. The molecule has 1 aromatic heterocycles. The molecule has 1 aliphatic carbocycles. The zero-order valence-corrected chi connectivity index (χ0v) is 18.5. The zero-order chi connectivity index (χ0) is 20.4. The summed E-state index contributed by atoms with van der Waals surface area (Å²) in [5.74, 6) is 3.27. The van der Waals surface area contributed by atoms with Gasteiger partial charge in [-0.1, -0.05) is 19.3 Å². The largest absolute Gasteiger partial charge is 0.385 e. The average molecular weight is 405 g/mol. The molecule has 29 heavy (non-hydrogen) atoms. The van der Waals surface area contributed by atoms with Gasteiger partial charge < -0.3 is 19.9 Å². The summed E-state index contributed by atoms with van der Waals surface area (Å²) in [6.07, 6.45) is 13.2. The highest BCUT2D eigenvalue weighted by Gasteiger charge is 2.33. The van der Waals surface area contributed by atoms with E-state index < -0.39 is 0 Å². The van der Waals surface area contributed by atoms with Crippen LogP contribution in [0.2, 0.25) is 0 Å². The van der Waals surface area contributed by atoms with Crippen LogP contribution in [0.1, 0.15) is 76.4 Å². The molecule has 0 radical (unpaired) electrons.